The van der Waals surface area contributed by atoms with E-state index >= 15 is 0 Å². The molecule has 3 aromatic heterocycles. The normalized spacial score (nSPS) is 19.2. The number of nitriles is 1. The number of nitrogens with two attached hydrogens (primary N) is 1. The van der Waals surface area contributed by atoms with E-state index in [-0.39, 0.29) is 34.3 Å². The van der Waals surface area contributed by atoms with Gasteiger partial charge in [-0.15, -0.1) is 0 Å². The summed E-state index contributed by atoms with van der Waals surface area (Å²) in [5.41, 5.74) is 7.55. The number of nitrogen functional groups attached to an aromatic ring is 1. The number of rotatable bonds is 0. The minimum atomic E-state index is -4.51. The van der Waals surface area contributed by atoms with Crippen molar-refractivity contribution in [3.05, 3.63) is 65.5 Å². The zero-order chi connectivity index (χ0) is 23.5. The molecule has 1 aromatic carbocycles. The lowest BCUT2D eigenvalue weighted by Gasteiger charge is -2.23. The fourth-order valence-corrected chi connectivity index (χ4v) is 5.44. The van der Waals surface area contributed by atoms with E-state index in [9.17, 15) is 19.1 Å². The van der Waals surface area contributed by atoms with Crippen LogP contribution in [-0.2, 0) is 4.57 Å². The number of halogens is 1. The van der Waals surface area contributed by atoms with Crippen molar-refractivity contribution in [1.82, 2.24) is 23.9 Å². The summed E-state index contributed by atoms with van der Waals surface area (Å²) in [4.78, 5) is 19.7. The Hall–Kier alpha value is -4.00. The number of fused-ring (bicyclic) bond motifs is 7. The second-order valence-corrected chi connectivity index (χ2v) is 9.35. The molecule has 12 heteroatoms. The summed E-state index contributed by atoms with van der Waals surface area (Å²) < 4.78 is 36.1. The van der Waals surface area contributed by atoms with Gasteiger partial charge < -0.3 is 15.4 Å². The Labute approximate surface area is 187 Å². The van der Waals surface area contributed by atoms with E-state index in [4.69, 9.17) is 10.5 Å². The third-order valence-corrected chi connectivity index (χ3v) is 7.12. The van der Waals surface area contributed by atoms with Crippen LogP contribution in [-0.4, -0.2) is 28.7 Å². The van der Waals surface area contributed by atoms with Crippen molar-refractivity contribution in [3.63, 3.8) is 0 Å². The number of hydrogen-bond donors (Lipinski definition) is 2. The number of pyridine rings is 1. The van der Waals surface area contributed by atoms with E-state index in [2.05, 4.69) is 15.1 Å². The summed E-state index contributed by atoms with van der Waals surface area (Å²) in [6, 6.07) is 7.53. The minimum Gasteiger partial charge on any atom is -0.482 e. The quantitative estimate of drug-likeness (QED) is 0.374. The smallest absolute Gasteiger partial charge is 0.419 e. The monoisotopic (exact) mass is 465 g/mol. The Kier molecular flexibility index (Phi) is 4.60. The Morgan fingerprint density at radius 3 is 2.88 bits per heavy atom. The van der Waals surface area contributed by atoms with Crippen molar-refractivity contribution in [2.24, 2.45) is 0 Å². The van der Waals surface area contributed by atoms with Gasteiger partial charge in [-0.1, -0.05) is 0 Å². The van der Waals surface area contributed by atoms with Gasteiger partial charge >= 0.3 is 7.67 Å². The maximum atomic E-state index is 14.2. The van der Waals surface area contributed by atoms with Gasteiger partial charge in [-0.2, -0.15) is 14.8 Å². The Bertz CT molecular complexity index is 1520. The highest BCUT2D eigenvalue weighted by molar-refractivity contribution is 7.54. The summed E-state index contributed by atoms with van der Waals surface area (Å²) in [5.74, 6) is -0.166. The number of anilines is 1. The third-order valence-electron chi connectivity index (χ3n) is 5.46. The standard InChI is InChI=1S/C21H17FN7O3P/c1-11-17(9-23)19-13-7-18(20(24)26-10-13)32-12(2)16-8-14(22)3-4-15(16)21-25-5-6-28(21)33(30,31)29(19)27-11/h3-8,10,12H,1-2H3,(H2,24,26)(H,30,31). The maximum Gasteiger partial charge on any atom is 0.419 e. The molecule has 4 aromatic rings. The Balaban J connectivity index is 1.92. The van der Waals surface area contributed by atoms with Crippen molar-refractivity contribution in [2.45, 2.75) is 20.0 Å². The van der Waals surface area contributed by atoms with E-state index in [0.29, 0.717) is 16.7 Å². The van der Waals surface area contributed by atoms with Gasteiger partial charge in [0.2, 0.25) is 0 Å². The third kappa shape index (κ3) is 3.11. The molecule has 0 saturated carbocycles. The minimum absolute atomic E-state index is 0.0654. The van der Waals surface area contributed by atoms with Crippen molar-refractivity contribution >= 4 is 13.5 Å². The molecule has 0 amide bonds. The number of aryl methyl sites for hydroxylation is 1. The van der Waals surface area contributed by atoms with Crippen LogP contribution in [0.1, 0.15) is 29.8 Å². The molecule has 0 spiro atoms. The number of imidazole rings is 1. The molecule has 10 nitrogen and oxygen atoms in total. The molecule has 1 aliphatic heterocycles. The van der Waals surface area contributed by atoms with Gasteiger partial charge in [0.1, 0.15) is 29.4 Å². The lowest BCUT2D eigenvalue weighted by atomic mass is 10.0. The SMILES string of the molecule is Cc1nn2c(c1C#N)-c1cnc(N)c(c1)OC(C)c1cc(F)ccc1-c1nccn1P2(=O)O. The van der Waals surface area contributed by atoms with Crippen LogP contribution in [0.5, 0.6) is 5.75 Å². The van der Waals surface area contributed by atoms with Crippen LogP contribution >= 0.6 is 7.67 Å². The first kappa shape index (κ1) is 20.9. The summed E-state index contributed by atoms with van der Waals surface area (Å²) in [6.07, 6.45) is 3.34. The Morgan fingerprint density at radius 1 is 1.33 bits per heavy atom. The summed E-state index contributed by atoms with van der Waals surface area (Å²) in [6.45, 7) is 3.25. The van der Waals surface area contributed by atoms with Crippen LogP contribution in [0.25, 0.3) is 22.6 Å². The predicted octanol–water partition coefficient (Wildman–Crippen LogP) is 3.66. The molecule has 33 heavy (non-hydrogen) atoms. The van der Waals surface area contributed by atoms with Gasteiger partial charge in [-0.3, -0.25) is 0 Å². The molecule has 1 aliphatic rings. The second-order valence-electron chi connectivity index (χ2n) is 7.52. The first-order valence-corrected chi connectivity index (χ1v) is 11.4. The van der Waals surface area contributed by atoms with Gasteiger partial charge in [0.15, 0.2) is 11.6 Å². The first-order valence-electron chi connectivity index (χ1n) is 9.82. The molecular formula is C21H17FN7O3P. The van der Waals surface area contributed by atoms with Crippen LogP contribution in [0.4, 0.5) is 10.2 Å². The molecule has 5 rings (SSSR count). The molecule has 3 N–H and O–H groups in total. The van der Waals surface area contributed by atoms with Crippen molar-refractivity contribution in [1.29, 1.82) is 5.26 Å². The molecule has 0 saturated heterocycles. The summed E-state index contributed by atoms with van der Waals surface area (Å²) in [7, 11) is -4.51. The molecular weight excluding hydrogens is 448 g/mol. The van der Waals surface area contributed by atoms with E-state index in [1.165, 1.54) is 42.9 Å². The highest BCUT2D eigenvalue weighted by Gasteiger charge is 2.35. The topological polar surface area (TPSA) is 145 Å². The van der Waals surface area contributed by atoms with E-state index < -0.39 is 19.6 Å². The summed E-state index contributed by atoms with van der Waals surface area (Å²) >= 11 is 0. The predicted molar refractivity (Wildman–Crippen MR) is 117 cm³/mol. The van der Waals surface area contributed by atoms with Crippen LogP contribution < -0.4 is 10.5 Å². The van der Waals surface area contributed by atoms with Crippen LogP contribution in [0.2, 0.25) is 0 Å². The highest BCUT2D eigenvalue weighted by atomic mass is 31.2. The lowest BCUT2D eigenvalue weighted by Crippen LogP contribution is -2.13. The van der Waals surface area contributed by atoms with Gasteiger partial charge in [-0.25, -0.2) is 23.3 Å². The first-order chi connectivity index (χ1) is 15.7. The number of ether oxygens (including phenoxy) is 1. The zero-order valence-corrected chi connectivity index (χ0v) is 18.4. The lowest BCUT2D eigenvalue weighted by molar-refractivity contribution is 0.227. The van der Waals surface area contributed by atoms with Crippen molar-refractivity contribution in [3.8, 4) is 34.5 Å². The van der Waals surface area contributed by atoms with E-state index in [1.54, 1.807) is 13.8 Å². The highest BCUT2D eigenvalue weighted by Crippen LogP contribution is 2.51. The number of benzene rings is 1. The number of nitrogens with zero attached hydrogens (tertiary/aromatic N) is 6. The zero-order valence-electron chi connectivity index (χ0n) is 17.5. The van der Waals surface area contributed by atoms with Gasteiger partial charge in [0.05, 0.1) is 11.4 Å². The van der Waals surface area contributed by atoms with Crippen molar-refractivity contribution in [2.75, 3.05) is 5.73 Å². The molecule has 0 radical (unpaired) electrons. The van der Waals surface area contributed by atoms with Crippen molar-refractivity contribution < 1.29 is 18.6 Å². The molecule has 0 aliphatic carbocycles. The molecule has 0 fully saturated rings. The molecule has 2 unspecified atom stereocenters. The largest absolute Gasteiger partial charge is 0.482 e. The van der Waals surface area contributed by atoms with Gasteiger partial charge in [0, 0.05) is 35.3 Å². The molecule has 2 atom stereocenters. The van der Waals surface area contributed by atoms with Gasteiger partial charge in [-0.05, 0) is 38.1 Å². The fourth-order valence-electron chi connectivity index (χ4n) is 3.89. The van der Waals surface area contributed by atoms with Crippen LogP contribution in [0, 0.1) is 24.1 Å². The molecule has 166 valence electrons. The summed E-state index contributed by atoms with van der Waals surface area (Å²) in [5, 5.41) is 14.0. The maximum absolute atomic E-state index is 14.2. The Morgan fingerprint density at radius 2 is 2.12 bits per heavy atom. The average molecular weight is 465 g/mol. The number of aromatic nitrogens is 5. The van der Waals surface area contributed by atoms with Crippen LogP contribution in [0.15, 0.2) is 42.9 Å². The molecule has 2 bridgehead atoms. The second kappa shape index (κ2) is 7.27. The fraction of sp³-hybridized carbons (Fsp3) is 0.143. The molecule has 4 heterocycles. The van der Waals surface area contributed by atoms with Gasteiger partial charge in [0.25, 0.3) is 0 Å². The van der Waals surface area contributed by atoms with E-state index in [0.717, 1.165) is 8.79 Å². The van der Waals surface area contributed by atoms with Crippen LogP contribution in [0.3, 0.4) is 0 Å². The number of hydrogen-bond acceptors (Lipinski definition) is 7. The van der Waals surface area contributed by atoms with E-state index in [1.807, 2.05) is 6.07 Å². The average Bonchev–Trinajstić information content (AvgIpc) is 3.40.